The topological polar surface area (TPSA) is 66.5 Å². The fourth-order valence-electron chi connectivity index (χ4n) is 3.64. The number of amides is 1. The number of sulfonamides is 1. The largest absolute Gasteiger partial charge is 0.356 e. The molecule has 0 spiro atoms. The molecule has 0 bridgehead atoms. The van der Waals surface area contributed by atoms with Crippen molar-refractivity contribution in [3.8, 4) is 0 Å². The van der Waals surface area contributed by atoms with E-state index in [0.29, 0.717) is 32.5 Å². The smallest absolute Gasteiger partial charge is 0.223 e. The first-order chi connectivity index (χ1) is 11.7. The van der Waals surface area contributed by atoms with Gasteiger partial charge in [-0.05, 0) is 63.6 Å². The van der Waals surface area contributed by atoms with E-state index in [1.165, 1.54) is 26.6 Å². The maximum Gasteiger partial charge on any atom is 0.223 e. The highest BCUT2D eigenvalue weighted by Gasteiger charge is 2.29. The van der Waals surface area contributed by atoms with Crippen LogP contribution in [0.4, 0.5) is 0 Å². The van der Waals surface area contributed by atoms with Gasteiger partial charge in [0, 0.05) is 25.6 Å². The molecule has 0 saturated carbocycles. The summed E-state index contributed by atoms with van der Waals surface area (Å²) in [6.45, 7) is 9.49. The Balaban J connectivity index is 1.82. The Kier molecular flexibility index (Phi) is 6.63. The van der Waals surface area contributed by atoms with E-state index in [2.05, 4.69) is 38.2 Å². The number of carbonyl (C=O) groups is 1. The Labute approximate surface area is 151 Å². The van der Waals surface area contributed by atoms with Crippen LogP contribution in [0.1, 0.15) is 42.0 Å². The van der Waals surface area contributed by atoms with Crippen molar-refractivity contribution in [3.63, 3.8) is 0 Å². The summed E-state index contributed by atoms with van der Waals surface area (Å²) in [5, 5.41) is 3.03. The molecule has 0 radical (unpaired) electrons. The third-order valence-electron chi connectivity index (χ3n) is 5.10. The predicted octanol–water partition coefficient (Wildman–Crippen LogP) is 2.33. The predicted molar refractivity (Wildman–Crippen MR) is 101 cm³/mol. The Morgan fingerprint density at radius 2 is 1.72 bits per heavy atom. The van der Waals surface area contributed by atoms with E-state index in [1.807, 2.05) is 0 Å². The zero-order chi connectivity index (χ0) is 18.6. The van der Waals surface area contributed by atoms with Gasteiger partial charge in [-0.2, -0.15) is 0 Å². The second-order valence-electron chi connectivity index (χ2n) is 6.99. The molecule has 1 fully saturated rings. The highest BCUT2D eigenvalue weighted by Crippen LogP contribution is 2.20. The van der Waals surface area contributed by atoms with Crippen LogP contribution in [-0.4, -0.2) is 44.0 Å². The number of piperidine rings is 1. The average molecular weight is 367 g/mol. The van der Waals surface area contributed by atoms with Crippen molar-refractivity contribution in [2.75, 3.05) is 25.4 Å². The van der Waals surface area contributed by atoms with Crippen LogP contribution in [0, 0.1) is 26.7 Å². The molecule has 0 unspecified atom stereocenters. The highest BCUT2D eigenvalue weighted by molar-refractivity contribution is 7.89. The van der Waals surface area contributed by atoms with E-state index < -0.39 is 10.0 Å². The lowest BCUT2D eigenvalue weighted by Crippen LogP contribution is -2.43. The fraction of sp³-hybridized carbons (Fsp3) is 0.632. The monoisotopic (exact) mass is 366 g/mol. The second kappa shape index (κ2) is 8.32. The molecule has 1 aromatic carbocycles. The number of hydrogen-bond donors (Lipinski definition) is 1. The molecule has 1 amide bonds. The minimum absolute atomic E-state index is 0.0518. The minimum atomic E-state index is -3.13. The van der Waals surface area contributed by atoms with Crippen molar-refractivity contribution in [3.05, 3.63) is 34.4 Å². The molecule has 140 valence electrons. The molecule has 1 aromatic rings. The third-order valence-corrected chi connectivity index (χ3v) is 6.98. The van der Waals surface area contributed by atoms with Gasteiger partial charge >= 0.3 is 0 Å². The summed E-state index contributed by atoms with van der Waals surface area (Å²) in [4.78, 5) is 12.4. The Morgan fingerprint density at radius 3 is 2.24 bits per heavy atom. The number of nitrogens with one attached hydrogen (secondary N) is 1. The number of nitrogens with zero attached hydrogens (tertiary/aromatic N) is 1. The molecule has 6 heteroatoms. The third kappa shape index (κ3) is 5.05. The summed E-state index contributed by atoms with van der Waals surface area (Å²) >= 11 is 0. The van der Waals surface area contributed by atoms with E-state index in [1.54, 1.807) is 6.92 Å². The quantitative estimate of drug-likeness (QED) is 0.840. The van der Waals surface area contributed by atoms with Gasteiger partial charge in [0.25, 0.3) is 0 Å². The first kappa shape index (κ1) is 19.9. The van der Waals surface area contributed by atoms with Crippen LogP contribution < -0.4 is 5.32 Å². The normalized spacial score (nSPS) is 16.8. The Morgan fingerprint density at radius 1 is 1.16 bits per heavy atom. The number of rotatable bonds is 6. The van der Waals surface area contributed by atoms with E-state index in [4.69, 9.17) is 0 Å². The molecule has 5 nitrogen and oxygen atoms in total. The molecule has 1 aliphatic heterocycles. The lowest BCUT2D eigenvalue weighted by atomic mass is 9.96. The van der Waals surface area contributed by atoms with Crippen LogP contribution >= 0.6 is 0 Å². The number of aryl methyl sites for hydroxylation is 3. The Hall–Kier alpha value is -1.40. The summed E-state index contributed by atoms with van der Waals surface area (Å²) in [6, 6.07) is 4.35. The number of carbonyl (C=O) groups excluding carboxylic acids is 1. The zero-order valence-corrected chi connectivity index (χ0v) is 16.6. The Bertz CT molecular complexity index is 697. The first-order valence-electron chi connectivity index (χ1n) is 9.07. The molecule has 2 rings (SSSR count). The van der Waals surface area contributed by atoms with Gasteiger partial charge in [-0.3, -0.25) is 4.79 Å². The molecule has 0 aromatic heterocycles. The van der Waals surface area contributed by atoms with E-state index in [0.717, 1.165) is 6.42 Å². The standard InChI is InChI=1S/C19H30N2O3S/c1-5-25(23,24)21-10-7-17(8-11-21)19(22)20-9-6-18-15(3)12-14(2)13-16(18)4/h12-13,17H,5-11H2,1-4H3,(H,20,22). The van der Waals surface area contributed by atoms with Crippen LogP contribution in [0.3, 0.4) is 0 Å². The van der Waals surface area contributed by atoms with Crippen molar-refractivity contribution in [1.82, 2.24) is 9.62 Å². The SMILES string of the molecule is CCS(=O)(=O)N1CCC(C(=O)NCCc2c(C)cc(C)cc2C)CC1. The van der Waals surface area contributed by atoms with Crippen molar-refractivity contribution in [2.45, 2.75) is 47.0 Å². The molecular weight excluding hydrogens is 336 g/mol. The van der Waals surface area contributed by atoms with Crippen LogP contribution in [0.25, 0.3) is 0 Å². The van der Waals surface area contributed by atoms with Gasteiger partial charge in [0.2, 0.25) is 15.9 Å². The first-order valence-corrected chi connectivity index (χ1v) is 10.7. The van der Waals surface area contributed by atoms with Crippen molar-refractivity contribution in [1.29, 1.82) is 0 Å². The van der Waals surface area contributed by atoms with Crippen molar-refractivity contribution < 1.29 is 13.2 Å². The minimum Gasteiger partial charge on any atom is -0.356 e. The van der Waals surface area contributed by atoms with Gasteiger partial charge in [-0.15, -0.1) is 0 Å². The summed E-state index contributed by atoms with van der Waals surface area (Å²) in [7, 11) is -3.13. The molecule has 1 N–H and O–H groups in total. The zero-order valence-electron chi connectivity index (χ0n) is 15.8. The summed E-state index contributed by atoms with van der Waals surface area (Å²) in [5.41, 5.74) is 5.10. The number of hydrogen-bond acceptors (Lipinski definition) is 3. The molecular formula is C19H30N2O3S. The van der Waals surface area contributed by atoms with Gasteiger partial charge in [-0.1, -0.05) is 17.7 Å². The molecule has 1 saturated heterocycles. The number of benzene rings is 1. The van der Waals surface area contributed by atoms with E-state index in [9.17, 15) is 13.2 Å². The maximum atomic E-state index is 12.4. The van der Waals surface area contributed by atoms with Crippen LogP contribution in [-0.2, 0) is 21.2 Å². The maximum absolute atomic E-state index is 12.4. The lowest BCUT2D eigenvalue weighted by Gasteiger charge is -2.30. The summed E-state index contributed by atoms with van der Waals surface area (Å²) in [5.74, 6) is 0.0959. The van der Waals surface area contributed by atoms with Gasteiger partial charge in [0.05, 0.1) is 5.75 Å². The van der Waals surface area contributed by atoms with E-state index in [-0.39, 0.29) is 17.6 Å². The summed E-state index contributed by atoms with van der Waals surface area (Å²) < 4.78 is 25.3. The van der Waals surface area contributed by atoms with Gasteiger partial charge in [-0.25, -0.2) is 12.7 Å². The van der Waals surface area contributed by atoms with E-state index >= 15 is 0 Å². The second-order valence-corrected chi connectivity index (χ2v) is 9.25. The van der Waals surface area contributed by atoms with Gasteiger partial charge in [0.1, 0.15) is 0 Å². The van der Waals surface area contributed by atoms with Gasteiger partial charge < -0.3 is 5.32 Å². The molecule has 0 aliphatic carbocycles. The van der Waals surface area contributed by atoms with Gasteiger partial charge in [0.15, 0.2) is 0 Å². The summed E-state index contributed by atoms with van der Waals surface area (Å²) in [6.07, 6.45) is 2.04. The fourth-order valence-corrected chi connectivity index (χ4v) is 4.77. The molecule has 1 heterocycles. The lowest BCUT2D eigenvalue weighted by molar-refractivity contribution is -0.126. The molecule has 25 heavy (non-hydrogen) atoms. The van der Waals surface area contributed by atoms with Crippen molar-refractivity contribution >= 4 is 15.9 Å². The molecule has 0 atom stereocenters. The van der Waals surface area contributed by atoms with Crippen LogP contribution in [0.15, 0.2) is 12.1 Å². The van der Waals surface area contributed by atoms with Crippen molar-refractivity contribution in [2.24, 2.45) is 5.92 Å². The van der Waals surface area contributed by atoms with Crippen LogP contribution in [0.2, 0.25) is 0 Å². The highest BCUT2D eigenvalue weighted by atomic mass is 32.2. The molecule has 1 aliphatic rings. The average Bonchev–Trinajstić information content (AvgIpc) is 2.57. The van der Waals surface area contributed by atoms with Crippen LogP contribution in [0.5, 0.6) is 0 Å².